The highest BCUT2D eigenvalue weighted by molar-refractivity contribution is 5.74. The van der Waals surface area contributed by atoms with Gasteiger partial charge in [0.2, 0.25) is 0 Å². The summed E-state index contributed by atoms with van der Waals surface area (Å²) in [7, 11) is 2.01. The standard InChI is InChI=1S/C17H29N5O2/c1-4-21-9-10-22(12-14(21)16-18-7-8-20(16)3)17(23)19-13(2)15-6-5-11-24-15/h7-8,13-15H,4-6,9-12H2,1-3H3,(H,19,23)/t13-,14-,15-/m1/s1. The lowest BCUT2D eigenvalue weighted by molar-refractivity contribution is 0.0701. The molecule has 0 radical (unpaired) electrons. The molecule has 1 aromatic rings. The van der Waals surface area contributed by atoms with Gasteiger partial charge in [-0.1, -0.05) is 6.92 Å². The van der Waals surface area contributed by atoms with Crippen molar-refractivity contribution in [1.29, 1.82) is 0 Å². The zero-order chi connectivity index (χ0) is 17.1. The molecule has 3 rings (SSSR count). The summed E-state index contributed by atoms with van der Waals surface area (Å²) in [5, 5.41) is 3.12. The second-order valence-electron chi connectivity index (χ2n) is 6.78. The number of nitrogens with one attached hydrogen (secondary N) is 1. The lowest BCUT2D eigenvalue weighted by Crippen LogP contribution is -2.55. The Morgan fingerprint density at radius 1 is 1.50 bits per heavy atom. The number of hydrogen-bond acceptors (Lipinski definition) is 4. The summed E-state index contributed by atoms with van der Waals surface area (Å²) >= 11 is 0. The van der Waals surface area contributed by atoms with Gasteiger partial charge in [0, 0.05) is 45.7 Å². The van der Waals surface area contributed by atoms with Gasteiger partial charge in [-0.15, -0.1) is 0 Å². The minimum atomic E-state index is 0.00737. The number of aromatic nitrogens is 2. The highest BCUT2D eigenvalue weighted by Gasteiger charge is 2.33. The second-order valence-corrected chi connectivity index (χ2v) is 6.78. The molecule has 2 fully saturated rings. The predicted molar refractivity (Wildman–Crippen MR) is 91.7 cm³/mol. The summed E-state index contributed by atoms with van der Waals surface area (Å²) in [6, 6.07) is 0.205. The van der Waals surface area contributed by atoms with Crippen molar-refractivity contribution in [2.75, 3.05) is 32.8 Å². The first-order valence-electron chi connectivity index (χ1n) is 8.98. The molecule has 0 aliphatic carbocycles. The van der Waals surface area contributed by atoms with Crippen LogP contribution in [0.25, 0.3) is 0 Å². The topological polar surface area (TPSA) is 62.6 Å². The minimum Gasteiger partial charge on any atom is -0.376 e. The molecule has 7 heteroatoms. The van der Waals surface area contributed by atoms with E-state index in [1.54, 1.807) is 0 Å². The number of nitrogens with zero attached hydrogens (tertiary/aromatic N) is 4. The number of piperazine rings is 1. The van der Waals surface area contributed by atoms with E-state index in [-0.39, 0.29) is 24.2 Å². The number of likely N-dealkylation sites (N-methyl/N-ethyl adjacent to an activating group) is 1. The van der Waals surface area contributed by atoms with E-state index in [0.717, 1.165) is 44.9 Å². The van der Waals surface area contributed by atoms with Gasteiger partial charge in [0.25, 0.3) is 0 Å². The van der Waals surface area contributed by atoms with Crippen LogP contribution < -0.4 is 5.32 Å². The smallest absolute Gasteiger partial charge is 0.317 e. The maximum atomic E-state index is 12.7. The van der Waals surface area contributed by atoms with Crippen molar-refractivity contribution in [3.05, 3.63) is 18.2 Å². The fourth-order valence-electron chi connectivity index (χ4n) is 3.70. The molecule has 24 heavy (non-hydrogen) atoms. The third-order valence-corrected chi connectivity index (χ3v) is 5.21. The molecule has 0 bridgehead atoms. The van der Waals surface area contributed by atoms with E-state index in [9.17, 15) is 4.79 Å². The van der Waals surface area contributed by atoms with E-state index in [4.69, 9.17) is 4.74 Å². The highest BCUT2D eigenvalue weighted by atomic mass is 16.5. The van der Waals surface area contributed by atoms with E-state index < -0.39 is 0 Å². The molecule has 1 aromatic heterocycles. The average molecular weight is 335 g/mol. The quantitative estimate of drug-likeness (QED) is 0.903. The van der Waals surface area contributed by atoms with Crippen LogP contribution in [0.15, 0.2) is 12.4 Å². The van der Waals surface area contributed by atoms with Gasteiger partial charge in [-0.05, 0) is 26.3 Å². The van der Waals surface area contributed by atoms with Gasteiger partial charge in [-0.25, -0.2) is 9.78 Å². The molecule has 7 nitrogen and oxygen atoms in total. The minimum absolute atomic E-state index is 0.00737. The van der Waals surface area contributed by atoms with Crippen LogP contribution >= 0.6 is 0 Å². The van der Waals surface area contributed by atoms with Crippen LogP contribution in [0, 0.1) is 0 Å². The number of urea groups is 1. The van der Waals surface area contributed by atoms with Crippen molar-refractivity contribution in [3.63, 3.8) is 0 Å². The fourth-order valence-corrected chi connectivity index (χ4v) is 3.70. The first-order valence-corrected chi connectivity index (χ1v) is 8.98. The Morgan fingerprint density at radius 2 is 2.33 bits per heavy atom. The van der Waals surface area contributed by atoms with Gasteiger partial charge >= 0.3 is 6.03 Å². The van der Waals surface area contributed by atoms with Crippen LogP contribution in [0.4, 0.5) is 4.79 Å². The molecule has 0 unspecified atom stereocenters. The van der Waals surface area contributed by atoms with Crippen molar-refractivity contribution < 1.29 is 9.53 Å². The molecule has 3 heterocycles. The molecule has 2 saturated heterocycles. The molecule has 0 aromatic carbocycles. The van der Waals surface area contributed by atoms with E-state index in [0.29, 0.717) is 6.54 Å². The number of hydrogen-bond donors (Lipinski definition) is 1. The van der Waals surface area contributed by atoms with Crippen molar-refractivity contribution in [2.24, 2.45) is 7.05 Å². The summed E-state index contributed by atoms with van der Waals surface area (Å²) in [4.78, 5) is 21.5. The molecule has 134 valence electrons. The number of imidazole rings is 1. The largest absolute Gasteiger partial charge is 0.376 e. The summed E-state index contributed by atoms with van der Waals surface area (Å²) in [6.45, 7) is 8.25. The lowest BCUT2D eigenvalue weighted by Gasteiger charge is -2.41. The molecule has 2 aliphatic heterocycles. The second kappa shape index (κ2) is 7.53. The Kier molecular flexibility index (Phi) is 5.40. The first-order chi connectivity index (χ1) is 11.6. The van der Waals surface area contributed by atoms with Crippen molar-refractivity contribution in [1.82, 2.24) is 24.7 Å². The van der Waals surface area contributed by atoms with E-state index in [1.807, 2.05) is 35.8 Å². The fraction of sp³-hybridized carbons (Fsp3) is 0.765. The van der Waals surface area contributed by atoms with Crippen LogP contribution in [0.2, 0.25) is 0 Å². The molecule has 2 amide bonds. The third kappa shape index (κ3) is 3.57. The molecular weight excluding hydrogens is 306 g/mol. The van der Waals surface area contributed by atoms with Gasteiger partial charge in [-0.2, -0.15) is 0 Å². The van der Waals surface area contributed by atoms with Gasteiger partial charge in [-0.3, -0.25) is 4.90 Å². The Balaban J connectivity index is 1.64. The lowest BCUT2D eigenvalue weighted by atomic mass is 10.1. The number of rotatable bonds is 4. The van der Waals surface area contributed by atoms with E-state index >= 15 is 0 Å². The van der Waals surface area contributed by atoms with Crippen LogP contribution in [-0.2, 0) is 11.8 Å². The summed E-state index contributed by atoms with van der Waals surface area (Å²) in [6.07, 6.45) is 6.04. The zero-order valence-electron chi connectivity index (χ0n) is 14.9. The highest BCUT2D eigenvalue weighted by Crippen LogP contribution is 2.24. The molecule has 2 aliphatic rings. The number of carbonyl (C=O) groups excluding carboxylic acids is 1. The van der Waals surface area contributed by atoms with Crippen molar-refractivity contribution in [2.45, 2.75) is 44.9 Å². The van der Waals surface area contributed by atoms with E-state index in [1.165, 1.54) is 0 Å². The predicted octanol–water partition coefficient (Wildman–Crippen LogP) is 1.38. The van der Waals surface area contributed by atoms with Crippen LogP contribution in [0.1, 0.15) is 38.6 Å². The maximum Gasteiger partial charge on any atom is 0.317 e. The molecule has 3 atom stereocenters. The maximum absolute atomic E-state index is 12.7. The normalized spacial score (nSPS) is 26.5. The number of carbonyl (C=O) groups is 1. The van der Waals surface area contributed by atoms with Crippen LogP contribution in [-0.4, -0.2) is 70.3 Å². The van der Waals surface area contributed by atoms with Crippen molar-refractivity contribution >= 4 is 6.03 Å². The Morgan fingerprint density at radius 3 is 2.96 bits per heavy atom. The molecule has 1 N–H and O–H groups in total. The van der Waals surface area contributed by atoms with Gasteiger partial charge in [0.15, 0.2) is 0 Å². The molecule has 0 spiro atoms. The SMILES string of the molecule is CCN1CCN(C(=O)N[C@H](C)[C@H]2CCCO2)C[C@@H]1c1nccn1C. The van der Waals surface area contributed by atoms with E-state index in [2.05, 4.69) is 22.1 Å². The van der Waals surface area contributed by atoms with Gasteiger partial charge in [0.1, 0.15) is 5.82 Å². The molecule has 0 saturated carbocycles. The van der Waals surface area contributed by atoms with Crippen molar-refractivity contribution in [3.8, 4) is 0 Å². The monoisotopic (exact) mass is 335 g/mol. The molecular formula is C17H29N5O2. The third-order valence-electron chi connectivity index (χ3n) is 5.21. The van der Waals surface area contributed by atoms with Crippen LogP contribution in [0.5, 0.6) is 0 Å². The first kappa shape index (κ1) is 17.2. The summed E-state index contributed by atoms with van der Waals surface area (Å²) in [5.41, 5.74) is 0. The average Bonchev–Trinajstić information content (AvgIpc) is 3.25. The number of ether oxygens (including phenoxy) is 1. The van der Waals surface area contributed by atoms with Gasteiger partial charge in [0.05, 0.1) is 18.2 Å². The Bertz CT molecular complexity index is 555. The van der Waals surface area contributed by atoms with Crippen LogP contribution in [0.3, 0.4) is 0 Å². The number of amides is 2. The number of aryl methyl sites for hydroxylation is 1. The Labute approximate surface area is 144 Å². The van der Waals surface area contributed by atoms with Gasteiger partial charge < -0.3 is 19.5 Å². The Hall–Kier alpha value is -1.60. The zero-order valence-corrected chi connectivity index (χ0v) is 14.9. The summed E-state index contributed by atoms with van der Waals surface area (Å²) in [5.74, 6) is 1.02. The summed E-state index contributed by atoms with van der Waals surface area (Å²) < 4.78 is 7.72.